The van der Waals surface area contributed by atoms with Crippen LogP contribution in [0.25, 0.3) is 11.1 Å². The molecule has 11 heteroatoms. The fourth-order valence-corrected chi connectivity index (χ4v) is 4.83. The molecule has 4 rings (SSSR count). The van der Waals surface area contributed by atoms with E-state index in [2.05, 4.69) is 20.3 Å². The molecule has 192 valence electrons. The molecule has 3 aromatic rings. The highest BCUT2D eigenvalue weighted by atomic mass is 32.2. The number of anilines is 1. The number of rotatable bonds is 7. The Morgan fingerprint density at radius 3 is 2.41 bits per heavy atom. The van der Waals surface area contributed by atoms with E-state index in [4.69, 9.17) is 10.5 Å². The Kier molecular flexibility index (Phi) is 7.67. The summed E-state index contributed by atoms with van der Waals surface area (Å²) >= 11 is 0. The number of sulfonamides is 1. The zero-order valence-electron chi connectivity index (χ0n) is 20.1. The molecule has 1 aliphatic rings. The van der Waals surface area contributed by atoms with Crippen molar-refractivity contribution in [2.45, 2.75) is 23.9 Å². The SMILES string of the molecule is C[C@](N)(NS(=O)(=O)c1ccccc1)C(=O)OC(=O)c1ccc(-c2cccc(NC3=NCCCN3)c2)cc1. The van der Waals surface area contributed by atoms with Gasteiger partial charge >= 0.3 is 11.9 Å². The van der Waals surface area contributed by atoms with E-state index in [9.17, 15) is 18.0 Å². The lowest BCUT2D eigenvalue weighted by molar-refractivity contribution is -0.144. The van der Waals surface area contributed by atoms with Crippen molar-refractivity contribution < 1.29 is 22.7 Å². The number of benzene rings is 3. The third-order valence-corrected chi connectivity index (χ3v) is 7.07. The van der Waals surface area contributed by atoms with Crippen LogP contribution in [0.5, 0.6) is 0 Å². The number of carbonyl (C=O) groups is 2. The van der Waals surface area contributed by atoms with Gasteiger partial charge < -0.3 is 21.1 Å². The first-order valence-electron chi connectivity index (χ1n) is 11.5. The summed E-state index contributed by atoms with van der Waals surface area (Å²) in [4.78, 5) is 29.4. The van der Waals surface area contributed by atoms with Crippen LogP contribution in [0.15, 0.2) is 88.8 Å². The monoisotopic (exact) mass is 521 g/mol. The molecule has 0 bridgehead atoms. The second-order valence-electron chi connectivity index (χ2n) is 8.59. The van der Waals surface area contributed by atoms with Gasteiger partial charge in [0, 0.05) is 18.8 Å². The summed E-state index contributed by atoms with van der Waals surface area (Å²) in [5, 5.41) is 6.46. The van der Waals surface area contributed by atoms with Crippen molar-refractivity contribution in [3.63, 3.8) is 0 Å². The van der Waals surface area contributed by atoms with Crippen molar-refractivity contribution in [2.75, 3.05) is 18.4 Å². The number of nitrogens with one attached hydrogen (secondary N) is 3. The highest BCUT2D eigenvalue weighted by Crippen LogP contribution is 2.23. The van der Waals surface area contributed by atoms with E-state index < -0.39 is 27.6 Å². The molecular formula is C26H27N5O5S. The molecule has 0 amide bonds. The van der Waals surface area contributed by atoms with Gasteiger partial charge in [0.1, 0.15) is 0 Å². The lowest BCUT2D eigenvalue weighted by Crippen LogP contribution is -2.60. The molecule has 3 aromatic carbocycles. The minimum absolute atomic E-state index is 0.0800. The van der Waals surface area contributed by atoms with E-state index in [0.717, 1.165) is 49.2 Å². The number of nitrogens with two attached hydrogens (primary N) is 1. The third-order valence-electron chi connectivity index (χ3n) is 5.49. The van der Waals surface area contributed by atoms with Gasteiger partial charge in [0.2, 0.25) is 10.0 Å². The highest BCUT2D eigenvalue weighted by molar-refractivity contribution is 7.89. The number of esters is 2. The number of aliphatic imine (C=N–C) groups is 1. The van der Waals surface area contributed by atoms with Crippen molar-refractivity contribution in [1.29, 1.82) is 0 Å². The molecule has 0 spiro atoms. The van der Waals surface area contributed by atoms with Crippen LogP contribution >= 0.6 is 0 Å². The predicted molar refractivity (Wildman–Crippen MR) is 140 cm³/mol. The molecule has 0 saturated carbocycles. The van der Waals surface area contributed by atoms with Crippen LogP contribution in [0.4, 0.5) is 5.69 Å². The molecule has 0 fully saturated rings. The van der Waals surface area contributed by atoms with Crippen LogP contribution in [0.3, 0.4) is 0 Å². The molecule has 0 radical (unpaired) electrons. The number of guanidine groups is 1. The Balaban J connectivity index is 1.41. The van der Waals surface area contributed by atoms with Gasteiger partial charge in [0.25, 0.3) is 0 Å². The maximum absolute atomic E-state index is 12.6. The Labute approximate surface area is 215 Å². The molecule has 0 aliphatic carbocycles. The van der Waals surface area contributed by atoms with Gasteiger partial charge in [-0.3, -0.25) is 4.99 Å². The molecule has 0 saturated heterocycles. The van der Waals surface area contributed by atoms with Crippen LogP contribution < -0.4 is 21.1 Å². The van der Waals surface area contributed by atoms with E-state index in [-0.39, 0.29) is 10.5 Å². The third kappa shape index (κ3) is 6.58. The normalized spacial score (nSPS) is 15.0. The smallest absolute Gasteiger partial charge is 0.349 e. The van der Waals surface area contributed by atoms with Crippen molar-refractivity contribution >= 4 is 33.6 Å². The van der Waals surface area contributed by atoms with E-state index in [0.29, 0.717) is 0 Å². The van der Waals surface area contributed by atoms with Gasteiger partial charge in [-0.1, -0.05) is 42.5 Å². The van der Waals surface area contributed by atoms with Gasteiger partial charge in [-0.25, -0.2) is 18.0 Å². The van der Waals surface area contributed by atoms with Crippen LogP contribution in [0, 0.1) is 0 Å². The lowest BCUT2D eigenvalue weighted by Gasteiger charge is -2.23. The molecule has 0 aromatic heterocycles. The maximum Gasteiger partial charge on any atom is 0.349 e. The summed E-state index contributed by atoms with van der Waals surface area (Å²) in [7, 11) is -4.12. The molecule has 10 nitrogen and oxygen atoms in total. The van der Waals surface area contributed by atoms with Crippen molar-refractivity contribution in [1.82, 2.24) is 10.0 Å². The van der Waals surface area contributed by atoms with Gasteiger partial charge in [-0.2, -0.15) is 4.72 Å². The maximum atomic E-state index is 12.6. The van der Waals surface area contributed by atoms with Gasteiger partial charge in [-0.05, 0) is 60.9 Å². The first-order valence-corrected chi connectivity index (χ1v) is 13.0. The molecule has 0 unspecified atom stereocenters. The Bertz CT molecular complexity index is 1420. The fourth-order valence-electron chi connectivity index (χ4n) is 3.56. The highest BCUT2D eigenvalue weighted by Gasteiger charge is 2.37. The van der Waals surface area contributed by atoms with Crippen molar-refractivity contribution in [3.05, 3.63) is 84.4 Å². The van der Waals surface area contributed by atoms with Gasteiger partial charge in [0.05, 0.1) is 10.5 Å². The summed E-state index contributed by atoms with van der Waals surface area (Å²) in [6, 6.07) is 21.6. The Morgan fingerprint density at radius 2 is 1.73 bits per heavy atom. The predicted octanol–water partition coefficient (Wildman–Crippen LogP) is 2.45. The van der Waals surface area contributed by atoms with Crippen LogP contribution in [0.1, 0.15) is 23.7 Å². The minimum Gasteiger partial charge on any atom is -0.387 e. The van der Waals surface area contributed by atoms with Crippen LogP contribution in [-0.4, -0.2) is 45.1 Å². The second kappa shape index (κ2) is 10.9. The summed E-state index contributed by atoms with van der Waals surface area (Å²) in [6.07, 6.45) is 0.999. The Hall–Kier alpha value is -4.06. The fraction of sp³-hybridized carbons (Fsp3) is 0.192. The van der Waals surface area contributed by atoms with Crippen LogP contribution in [0.2, 0.25) is 0 Å². The Morgan fingerprint density at radius 1 is 1.00 bits per heavy atom. The zero-order valence-corrected chi connectivity index (χ0v) is 20.9. The van der Waals surface area contributed by atoms with E-state index in [1.165, 1.54) is 36.4 Å². The molecular weight excluding hydrogens is 494 g/mol. The number of ether oxygens (including phenoxy) is 1. The van der Waals surface area contributed by atoms with Crippen molar-refractivity contribution in [3.8, 4) is 11.1 Å². The van der Waals surface area contributed by atoms with Gasteiger partial charge in [-0.15, -0.1) is 0 Å². The van der Waals surface area contributed by atoms with Gasteiger partial charge in [0.15, 0.2) is 11.6 Å². The average Bonchev–Trinajstić information content (AvgIpc) is 2.89. The summed E-state index contributed by atoms with van der Waals surface area (Å²) in [6.45, 7) is 2.76. The first-order chi connectivity index (χ1) is 17.6. The first kappa shape index (κ1) is 26.0. The van der Waals surface area contributed by atoms with E-state index in [1.807, 2.05) is 24.3 Å². The number of nitrogens with zero attached hydrogens (tertiary/aromatic N) is 1. The second-order valence-corrected chi connectivity index (χ2v) is 10.3. The number of hydrogen-bond acceptors (Lipinski definition) is 9. The number of hydrogen-bond donors (Lipinski definition) is 4. The lowest BCUT2D eigenvalue weighted by atomic mass is 10.0. The quantitative estimate of drug-likeness (QED) is 0.210. The summed E-state index contributed by atoms with van der Waals surface area (Å²) < 4.78 is 32.0. The zero-order chi connectivity index (χ0) is 26.5. The molecule has 37 heavy (non-hydrogen) atoms. The molecule has 1 heterocycles. The van der Waals surface area contributed by atoms with Crippen LogP contribution in [-0.2, 0) is 19.6 Å². The molecule has 5 N–H and O–H groups in total. The topological polar surface area (TPSA) is 152 Å². The molecule has 1 atom stereocenters. The summed E-state index contributed by atoms with van der Waals surface area (Å²) in [5.41, 5.74) is 6.39. The van der Waals surface area contributed by atoms with E-state index in [1.54, 1.807) is 18.2 Å². The number of carbonyl (C=O) groups excluding carboxylic acids is 2. The van der Waals surface area contributed by atoms with E-state index >= 15 is 0 Å². The van der Waals surface area contributed by atoms with Crippen molar-refractivity contribution in [2.24, 2.45) is 10.7 Å². The largest absolute Gasteiger partial charge is 0.387 e. The average molecular weight is 522 g/mol. The molecule has 1 aliphatic heterocycles. The summed E-state index contributed by atoms with van der Waals surface area (Å²) in [5.74, 6) is -1.47. The minimum atomic E-state index is -4.12. The standard InChI is InChI=1S/C26H27N5O5S/c1-26(27,31-37(34,35)22-9-3-2-4-10-22)24(33)36-23(32)19-13-11-18(12-14-19)20-7-5-8-21(17-20)30-25-28-15-6-16-29-25/h2-5,7-14,17,31H,6,15-16,27H2,1H3,(H2,28,29,30)/t26-/m0/s1.